The Balaban J connectivity index is 1.74. The summed E-state index contributed by atoms with van der Waals surface area (Å²) in [4.78, 5) is 4.46. The second-order valence-corrected chi connectivity index (χ2v) is 4.65. The average molecular weight is 268 g/mol. The number of para-hydroxylation sites is 2. The first-order valence-corrected chi connectivity index (χ1v) is 6.53. The standard InChI is InChI=1S/C16H16N2O2/c1-19-14-8-6-11(10-12(14)17)7-9-16-18-13-4-2-3-5-15(13)20-16/h2-6,8,10H,7,9,17H2,1H3. The summed E-state index contributed by atoms with van der Waals surface area (Å²) in [6.07, 6.45) is 1.58. The molecule has 0 aliphatic rings. The summed E-state index contributed by atoms with van der Waals surface area (Å²) < 4.78 is 10.8. The van der Waals surface area contributed by atoms with Gasteiger partial charge in [-0.25, -0.2) is 4.98 Å². The molecule has 0 bridgehead atoms. The van der Waals surface area contributed by atoms with Gasteiger partial charge >= 0.3 is 0 Å². The first-order chi connectivity index (χ1) is 9.76. The molecule has 4 heteroatoms. The lowest BCUT2D eigenvalue weighted by molar-refractivity contribution is 0.417. The van der Waals surface area contributed by atoms with E-state index in [1.807, 2.05) is 42.5 Å². The smallest absolute Gasteiger partial charge is 0.195 e. The van der Waals surface area contributed by atoms with Crippen LogP contribution in [0.1, 0.15) is 11.5 Å². The van der Waals surface area contributed by atoms with Crippen LogP contribution in [0.25, 0.3) is 11.1 Å². The lowest BCUT2D eigenvalue weighted by Crippen LogP contribution is -1.96. The fraction of sp³-hybridized carbons (Fsp3) is 0.188. The Labute approximate surface area is 117 Å². The molecule has 0 aliphatic carbocycles. The van der Waals surface area contributed by atoms with Crippen LogP contribution in [-0.2, 0) is 12.8 Å². The molecule has 0 unspecified atom stereocenters. The number of nitrogens with zero attached hydrogens (tertiary/aromatic N) is 1. The summed E-state index contributed by atoms with van der Waals surface area (Å²) in [5, 5.41) is 0. The summed E-state index contributed by atoms with van der Waals surface area (Å²) >= 11 is 0. The van der Waals surface area contributed by atoms with Gasteiger partial charge in [0.15, 0.2) is 11.5 Å². The molecule has 0 spiro atoms. The Morgan fingerprint density at radius 3 is 2.75 bits per heavy atom. The van der Waals surface area contributed by atoms with Gasteiger partial charge in [0.1, 0.15) is 11.3 Å². The van der Waals surface area contributed by atoms with Crippen molar-refractivity contribution >= 4 is 16.8 Å². The first kappa shape index (κ1) is 12.5. The van der Waals surface area contributed by atoms with Crippen LogP contribution in [0.15, 0.2) is 46.9 Å². The third-order valence-corrected chi connectivity index (χ3v) is 3.26. The van der Waals surface area contributed by atoms with Crippen molar-refractivity contribution in [2.24, 2.45) is 0 Å². The van der Waals surface area contributed by atoms with Crippen LogP contribution >= 0.6 is 0 Å². The molecule has 0 saturated heterocycles. The Morgan fingerprint density at radius 1 is 1.15 bits per heavy atom. The second-order valence-electron chi connectivity index (χ2n) is 4.65. The number of fused-ring (bicyclic) bond motifs is 1. The fourth-order valence-electron chi connectivity index (χ4n) is 2.22. The van der Waals surface area contributed by atoms with Crippen molar-refractivity contribution < 1.29 is 9.15 Å². The minimum Gasteiger partial charge on any atom is -0.495 e. The maximum Gasteiger partial charge on any atom is 0.195 e. The highest BCUT2D eigenvalue weighted by molar-refractivity contribution is 5.72. The molecule has 3 aromatic rings. The highest BCUT2D eigenvalue weighted by Gasteiger charge is 2.06. The maximum atomic E-state index is 5.90. The number of benzene rings is 2. The Kier molecular flexibility index (Phi) is 3.29. The Morgan fingerprint density at radius 2 is 2.00 bits per heavy atom. The molecule has 20 heavy (non-hydrogen) atoms. The predicted octanol–water partition coefficient (Wildman–Crippen LogP) is 3.20. The number of aryl methyl sites for hydroxylation is 2. The molecule has 0 amide bonds. The normalized spacial score (nSPS) is 10.8. The summed E-state index contributed by atoms with van der Waals surface area (Å²) in [6.45, 7) is 0. The fourth-order valence-corrected chi connectivity index (χ4v) is 2.22. The van der Waals surface area contributed by atoms with Gasteiger partial charge < -0.3 is 14.9 Å². The number of anilines is 1. The van der Waals surface area contributed by atoms with Gasteiger partial charge in [0.2, 0.25) is 0 Å². The molecule has 0 atom stereocenters. The molecule has 0 saturated carbocycles. The quantitative estimate of drug-likeness (QED) is 0.738. The molecule has 1 heterocycles. The van der Waals surface area contributed by atoms with Crippen LogP contribution < -0.4 is 10.5 Å². The van der Waals surface area contributed by atoms with E-state index in [2.05, 4.69) is 4.98 Å². The zero-order chi connectivity index (χ0) is 13.9. The average Bonchev–Trinajstić information content (AvgIpc) is 2.88. The molecule has 3 rings (SSSR count). The van der Waals surface area contributed by atoms with Crippen molar-refractivity contribution in [3.63, 3.8) is 0 Å². The molecular formula is C16H16N2O2. The molecule has 0 radical (unpaired) electrons. The lowest BCUT2D eigenvalue weighted by atomic mass is 10.1. The monoisotopic (exact) mass is 268 g/mol. The van der Waals surface area contributed by atoms with Gasteiger partial charge in [0.05, 0.1) is 12.8 Å². The van der Waals surface area contributed by atoms with Gasteiger partial charge in [-0.05, 0) is 36.2 Å². The highest BCUT2D eigenvalue weighted by atomic mass is 16.5. The van der Waals surface area contributed by atoms with E-state index in [9.17, 15) is 0 Å². The van der Waals surface area contributed by atoms with Gasteiger partial charge in [-0.1, -0.05) is 18.2 Å². The van der Waals surface area contributed by atoms with Gasteiger partial charge in [-0.15, -0.1) is 0 Å². The number of methoxy groups -OCH3 is 1. The van der Waals surface area contributed by atoms with Crippen molar-refractivity contribution in [2.45, 2.75) is 12.8 Å². The number of hydrogen-bond donors (Lipinski definition) is 1. The van der Waals surface area contributed by atoms with Crippen LogP contribution in [0, 0.1) is 0 Å². The molecule has 0 fully saturated rings. The van der Waals surface area contributed by atoms with Crippen molar-refractivity contribution in [2.75, 3.05) is 12.8 Å². The summed E-state index contributed by atoms with van der Waals surface area (Å²) in [5.41, 5.74) is 9.43. The maximum absolute atomic E-state index is 5.90. The van der Waals surface area contributed by atoms with E-state index in [1.165, 1.54) is 0 Å². The van der Waals surface area contributed by atoms with Crippen LogP contribution in [-0.4, -0.2) is 12.1 Å². The van der Waals surface area contributed by atoms with E-state index in [-0.39, 0.29) is 0 Å². The number of hydrogen-bond acceptors (Lipinski definition) is 4. The van der Waals surface area contributed by atoms with E-state index in [4.69, 9.17) is 14.9 Å². The largest absolute Gasteiger partial charge is 0.495 e. The summed E-state index contributed by atoms with van der Waals surface area (Å²) in [5.74, 6) is 1.45. The van der Waals surface area contributed by atoms with E-state index in [0.717, 1.165) is 35.4 Å². The Bertz CT molecular complexity index is 701. The van der Waals surface area contributed by atoms with E-state index in [1.54, 1.807) is 7.11 Å². The zero-order valence-corrected chi connectivity index (χ0v) is 11.3. The first-order valence-electron chi connectivity index (χ1n) is 6.53. The minimum absolute atomic E-state index is 0.655. The summed E-state index contributed by atoms with van der Waals surface area (Å²) in [6, 6.07) is 13.6. The molecule has 2 N–H and O–H groups in total. The minimum atomic E-state index is 0.655. The highest BCUT2D eigenvalue weighted by Crippen LogP contribution is 2.23. The zero-order valence-electron chi connectivity index (χ0n) is 11.3. The Hall–Kier alpha value is -2.49. The van der Waals surface area contributed by atoms with E-state index < -0.39 is 0 Å². The van der Waals surface area contributed by atoms with Gasteiger partial charge in [-0.2, -0.15) is 0 Å². The molecule has 1 aromatic heterocycles. The number of aromatic nitrogens is 1. The van der Waals surface area contributed by atoms with E-state index >= 15 is 0 Å². The van der Waals surface area contributed by atoms with Crippen molar-refractivity contribution in [1.82, 2.24) is 4.98 Å². The molecule has 4 nitrogen and oxygen atoms in total. The van der Waals surface area contributed by atoms with Crippen LogP contribution in [0.3, 0.4) is 0 Å². The number of rotatable bonds is 4. The van der Waals surface area contributed by atoms with Crippen LogP contribution in [0.2, 0.25) is 0 Å². The number of nitrogen functional groups attached to an aromatic ring is 1. The third-order valence-electron chi connectivity index (χ3n) is 3.26. The predicted molar refractivity (Wildman–Crippen MR) is 78.8 cm³/mol. The SMILES string of the molecule is COc1ccc(CCc2nc3ccccc3o2)cc1N. The molecule has 2 aromatic carbocycles. The number of ether oxygens (including phenoxy) is 1. The second kappa shape index (κ2) is 5.25. The number of oxazole rings is 1. The van der Waals surface area contributed by atoms with Gasteiger partial charge in [0.25, 0.3) is 0 Å². The number of nitrogens with two attached hydrogens (primary N) is 1. The van der Waals surface area contributed by atoms with Crippen molar-refractivity contribution in [3.8, 4) is 5.75 Å². The van der Waals surface area contributed by atoms with Gasteiger partial charge in [0, 0.05) is 6.42 Å². The van der Waals surface area contributed by atoms with E-state index in [0.29, 0.717) is 11.4 Å². The van der Waals surface area contributed by atoms with Gasteiger partial charge in [-0.3, -0.25) is 0 Å². The molecular weight excluding hydrogens is 252 g/mol. The topological polar surface area (TPSA) is 61.3 Å². The third kappa shape index (κ3) is 2.45. The van der Waals surface area contributed by atoms with Crippen molar-refractivity contribution in [1.29, 1.82) is 0 Å². The lowest BCUT2D eigenvalue weighted by Gasteiger charge is -2.06. The summed E-state index contributed by atoms with van der Waals surface area (Å²) in [7, 11) is 1.61. The van der Waals surface area contributed by atoms with Crippen LogP contribution in [0.4, 0.5) is 5.69 Å². The van der Waals surface area contributed by atoms with Crippen LogP contribution in [0.5, 0.6) is 5.75 Å². The molecule has 0 aliphatic heterocycles. The van der Waals surface area contributed by atoms with Crippen molar-refractivity contribution in [3.05, 3.63) is 53.9 Å². The molecule has 102 valence electrons.